The second kappa shape index (κ2) is 3.92. The van der Waals surface area contributed by atoms with Gasteiger partial charge in [0.1, 0.15) is 0 Å². The number of rotatable bonds is 2. The van der Waals surface area contributed by atoms with Gasteiger partial charge in [-0.15, -0.1) is 0 Å². The first-order valence-corrected chi connectivity index (χ1v) is 6.88. The van der Waals surface area contributed by atoms with E-state index in [1.807, 2.05) is 0 Å². The lowest BCUT2D eigenvalue weighted by Gasteiger charge is -2.24. The highest BCUT2D eigenvalue weighted by Crippen LogP contribution is 2.17. The van der Waals surface area contributed by atoms with Crippen molar-refractivity contribution in [3.05, 3.63) is 12.3 Å². The minimum atomic E-state index is -3.32. The summed E-state index contributed by atoms with van der Waals surface area (Å²) in [5, 5.41) is 6.32. The summed E-state index contributed by atoms with van der Waals surface area (Å²) in [5.41, 5.74) is 0. The van der Waals surface area contributed by atoms with Crippen molar-refractivity contribution in [2.75, 3.05) is 24.6 Å². The lowest BCUT2D eigenvalue weighted by Crippen LogP contribution is -2.38. The van der Waals surface area contributed by atoms with Gasteiger partial charge >= 0.3 is 0 Å². The Morgan fingerprint density at radius 2 is 2.14 bits per heavy atom. The summed E-state index contributed by atoms with van der Waals surface area (Å²) in [6.07, 6.45) is 1.45. The molecule has 5 nitrogen and oxygen atoms in total. The molecule has 1 fully saturated rings. The second-order valence-electron chi connectivity index (χ2n) is 2.94. The third-order valence-corrected chi connectivity index (χ3v) is 4.83. The summed E-state index contributed by atoms with van der Waals surface area (Å²) in [4.78, 5) is 0. The van der Waals surface area contributed by atoms with E-state index in [0.29, 0.717) is 13.1 Å². The summed E-state index contributed by atoms with van der Waals surface area (Å²) in [6.45, 7) is 1.18. The maximum atomic E-state index is 11.9. The summed E-state index contributed by atoms with van der Waals surface area (Å²) < 4.78 is 25.3. The van der Waals surface area contributed by atoms with Crippen LogP contribution in [0, 0.1) is 0 Å². The predicted octanol–water partition coefficient (Wildman–Crippen LogP) is 0.147. The highest BCUT2D eigenvalue weighted by atomic mass is 32.2. The number of hydrogen-bond acceptors (Lipinski definition) is 4. The van der Waals surface area contributed by atoms with Crippen LogP contribution < -0.4 is 0 Å². The number of thioether (sulfide) groups is 1. The monoisotopic (exact) mass is 233 g/mol. The van der Waals surface area contributed by atoms with Crippen LogP contribution in [-0.4, -0.2) is 47.5 Å². The molecule has 0 amide bonds. The molecule has 0 aliphatic carbocycles. The predicted molar refractivity (Wildman–Crippen MR) is 54.7 cm³/mol. The third-order valence-electron chi connectivity index (χ3n) is 2.06. The zero-order chi connectivity index (χ0) is 10.0. The van der Waals surface area contributed by atoms with E-state index in [-0.39, 0.29) is 5.03 Å². The first-order chi connectivity index (χ1) is 6.71. The molecule has 1 aliphatic rings. The van der Waals surface area contributed by atoms with Gasteiger partial charge in [0, 0.05) is 24.6 Å². The molecule has 0 aromatic carbocycles. The molecule has 2 rings (SSSR count). The van der Waals surface area contributed by atoms with Crippen LogP contribution in [0.2, 0.25) is 0 Å². The Labute approximate surface area is 86.9 Å². The smallest absolute Gasteiger partial charge is 0.260 e. The van der Waals surface area contributed by atoms with Gasteiger partial charge in [0.05, 0.1) is 6.20 Å². The van der Waals surface area contributed by atoms with E-state index in [2.05, 4.69) is 10.2 Å². The van der Waals surface area contributed by atoms with E-state index in [9.17, 15) is 8.42 Å². The minimum absolute atomic E-state index is 0.185. The molecule has 14 heavy (non-hydrogen) atoms. The van der Waals surface area contributed by atoms with Crippen LogP contribution >= 0.6 is 11.8 Å². The fraction of sp³-hybridized carbons (Fsp3) is 0.571. The van der Waals surface area contributed by atoms with Crippen LogP contribution in [0.25, 0.3) is 0 Å². The molecule has 2 heterocycles. The van der Waals surface area contributed by atoms with Crippen molar-refractivity contribution in [1.29, 1.82) is 0 Å². The molecule has 78 valence electrons. The highest BCUT2D eigenvalue weighted by Gasteiger charge is 2.26. The van der Waals surface area contributed by atoms with Crippen LogP contribution in [0.3, 0.4) is 0 Å². The minimum Gasteiger partial charge on any atom is -0.266 e. The van der Waals surface area contributed by atoms with Gasteiger partial charge in [-0.25, -0.2) is 8.42 Å². The van der Waals surface area contributed by atoms with Crippen LogP contribution in [0.5, 0.6) is 0 Å². The fourth-order valence-corrected chi connectivity index (χ4v) is 3.79. The maximum Gasteiger partial charge on any atom is 0.260 e. The van der Waals surface area contributed by atoms with E-state index in [0.717, 1.165) is 11.5 Å². The van der Waals surface area contributed by atoms with Crippen LogP contribution in [-0.2, 0) is 10.0 Å². The van der Waals surface area contributed by atoms with Gasteiger partial charge in [-0.1, -0.05) is 0 Å². The third kappa shape index (κ3) is 1.79. The zero-order valence-electron chi connectivity index (χ0n) is 7.51. The van der Waals surface area contributed by atoms with Crippen LogP contribution in [0.4, 0.5) is 0 Å². The largest absolute Gasteiger partial charge is 0.266 e. The average molecular weight is 233 g/mol. The Kier molecular flexibility index (Phi) is 2.80. The van der Waals surface area contributed by atoms with E-state index in [1.54, 1.807) is 11.8 Å². The van der Waals surface area contributed by atoms with Crippen molar-refractivity contribution in [3.63, 3.8) is 0 Å². The molecule has 0 radical (unpaired) electrons. The second-order valence-corrected chi connectivity index (χ2v) is 6.07. The summed E-state index contributed by atoms with van der Waals surface area (Å²) in [5.74, 6) is 1.74. The number of hydrogen-bond donors (Lipinski definition) is 1. The van der Waals surface area contributed by atoms with E-state index in [4.69, 9.17) is 0 Å². The van der Waals surface area contributed by atoms with E-state index < -0.39 is 10.0 Å². The highest BCUT2D eigenvalue weighted by molar-refractivity contribution is 7.99. The summed E-state index contributed by atoms with van der Waals surface area (Å²) in [6, 6.07) is 1.48. The molecular weight excluding hydrogens is 222 g/mol. The Balaban J connectivity index is 2.23. The molecule has 1 aromatic rings. The van der Waals surface area contributed by atoms with Gasteiger partial charge < -0.3 is 0 Å². The molecule has 1 aromatic heterocycles. The molecule has 1 aliphatic heterocycles. The Morgan fingerprint density at radius 1 is 1.43 bits per heavy atom. The lowest BCUT2D eigenvalue weighted by molar-refractivity contribution is 0.441. The van der Waals surface area contributed by atoms with Gasteiger partial charge in [-0.2, -0.15) is 21.2 Å². The molecule has 1 N–H and O–H groups in total. The first kappa shape index (κ1) is 10.0. The summed E-state index contributed by atoms with van der Waals surface area (Å²) in [7, 11) is -3.32. The molecular formula is C7H11N3O2S2. The zero-order valence-corrected chi connectivity index (χ0v) is 9.14. The van der Waals surface area contributed by atoms with Gasteiger partial charge in [-0.05, 0) is 6.07 Å². The fourth-order valence-electron chi connectivity index (χ4n) is 1.31. The topological polar surface area (TPSA) is 66.1 Å². The maximum absolute atomic E-state index is 11.9. The van der Waals surface area contributed by atoms with Crippen molar-refractivity contribution in [1.82, 2.24) is 14.5 Å². The van der Waals surface area contributed by atoms with E-state index in [1.165, 1.54) is 16.6 Å². The van der Waals surface area contributed by atoms with Crippen molar-refractivity contribution in [2.24, 2.45) is 0 Å². The van der Waals surface area contributed by atoms with Crippen LogP contribution in [0.1, 0.15) is 0 Å². The number of nitrogens with one attached hydrogen (secondary N) is 1. The summed E-state index contributed by atoms with van der Waals surface area (Å²) >= 11 is 1.78. The molecule has 0 spiro atoms. The van der Waals surface area contributed by atoms with Crippen molar-refractivity contribution in [3.8, 4) is 0 Å². The molecule has 0 bridgehead atoms. The number of nitrogens with zero attached hydrogens (tertiary/aromatic N) is 2. The van der Waals surface area contributed by atoms with Gasteiger partial charge in [-0.3, -0.25) is 5.10 Å². The molecule has 7 heteroatoms. The number of sulfonamides is 1. The van der Waals surface area contributed by atoms with Crippen LogP contribution in [0.15, 0.2) is 17.3 Å². The molecule has 0 saturated carbocycles. The molecule has 1 saturated heterocycles. The number of H-pyrrole nitrogens is 1. The van der Waals surface area contributed by atoms with Crippen molar-refractivity contribution >= 4 is 21.8 Å². The number of aromatic amines is 1. The van der Waals surface area contributed by atoms with Gasteiger partial charge in [0.15, 0.2) is 5.03 Å². The molecule has 0 atom stereocenters. The first-order valence-electron chi connectivity index (χ1n) is 4.28. The van der Waals surface area contributed by atoms with Crippen molar-refractivity contribution < 1.29 is 8.42 Å². The standard InChI is InChI=1S/C7H11N3O2S2/c11-14(12,7-1-2-8-9-7)10-3-5-13-6-4-10/h1-2H,3-6H2,(H,8,9). The van der Waals surface area contributed by atoms with Crippen molar-refractivity contribution in [2.45, 2.75) is 5.03 Å². The SMILES string of the molecule is O=S(=O)(c1ccn[nH]1)N1CCSCC1. The Morgan fingerprint density at radius 3 is 2.71 bits per heavy atom. The quantitative estimate of drug-likeness (QED) is 0.789. The molecule has 0 unspecified atom stereocenters. The Bertz CT molecular complexity index is 381. The van der Waals surface area contributed by atoms with Gasteiger partial charge in [0.25, 0.3) is 10.0 Å². The lowest BCUT2D eigenvalue weighted by atomic mass is 10.6. The van der Waals surface area contributed by atoms with E-state index >= 15 is 0 Å². The van der Waals surface area contributed by atoms with Gasteiger partial charge in [0.2, 0.25) is 0 Å². The normalized spacial score (nSPS) is 19.7. The number of aromatic nitrogens is 2. The average Bonchev–Trinajstić information content (AvgIpc) is 2.72. The Hall–Kier alpha value is -0.530.